The van der Waals surface area contributed by atoms with Crippen LogP contribution in [0.4, 0.5) is 4.39 Å². The zero-order valence-corrected chi connectivity index (χ0v) is 25.0. The zero-order chi connectivity index (χ0) is 38.1. The molecule has 4 aromatic rings. The number of benzene rings is 1. The van der Waals surface area contributed by atoms with Crippen molar-refractivity contribution in [1.29, 1.82) is 0 Å². The summed E-state index contributed by atoms with van der Waals surface area (Å²) in [7, 11) is 0. The molecule has 0 unspecified atom stereocenters. The molecule has 0 spiro atoms. The summed E-state index contributed by atoms with van der Waals surface area (Å²) in [5.41, 5.74) is 0. The molecular weight excluding hydrogens is 812 g/mol. The number of hydrogen-bond acceptors (Lipinski definition) is 7. The lowest BCUT2D eigenvalue weighted by molar-refractivity contribution is 0.375. The van der Waals surface area contributed by atoms with Crippen LogP contribution in [0.2, 0.25) is 5.02 Å². The lowest BCUT2D eigenvalue weighted by atomic mass is 10.3. The summed E-state index contributed by atoms with van der Waals surface area (Å²) in [4.78, 5) is 11.2. The second-order valence-corrected chi connectivity index (χ2v) is 9.46. The molecule has 0 amide bonds. The van der Waals surface area contributed by atoms with Crippen molar-refractivity contribution in [2.45, 2.75) is 39.4 Å². The summed E-state index contributed by atoms with van der Waals surface area (Å²) in [6.45, 7) is -12.8. The molecule has 1 N–H and O–H groups in total. The first-order valence-electron chi connectivity index (χ1n) is 15.2. The lowest BCUT2D eigenvalue weighted by Crippen LogP contribution is -2.05. The van der Waals surface area contributed by atoms with Crippen LogP contribution in [0.3, 0.4) is 0 Å². The van der Waals surface area contributed by atoms with Crippen molar-refractivity contribution in [2.75, 3.05) is 0 Å². The Hall–Kier alpha value is -0.940. The van der Waals surface area contributed by atoms with E-state index in [1.807, 2.05) is 0 Å². The first kappa shape index (κ1) is 15.5. The van der Waals surface area contributed by atoms with Crippen molar-refractivity contribution >= 4 is 91.3 Å². The summed E-state index contributed by atoms with van der Waals surface area (Å²) in [5, 5.41) is 13.4. The molecule has 0 atom stereocenters. The van der Waals surface area contributed by atoms with E-state index in [1.165, 1.54) is 6.07 Å². The van der Waals surface area contributed by atoms with Gasteiger partial charge in [0.2, 0.25) is 14.2 Å². The van der Waals surface area contributed by atoms with Gasteiger partial charge in [-0.15, -0.1) is 15.3 Å². The maximum Gasteiger partial charge on any atom is 0.321 e. The quantitative estimate of drug-likeness (QED) is 0.222. The maximum atomic E-state index is 13.4. The fourth-order valence-corrected chi connectivity index (χ4v) is 4.09. The van der Waals surface area contributed by atoms with Gasteiger partial charge in [-0.25, -0.2) is 13.8 Å². The largest absolute Gasteiger partial charge is 0.424 e. The maximum absolute atomic E-state index is 13.4. The first-order chi connectivity index (χ1) is 22.0. The monoisotopic (exact) mass is 839 g/mol. The Morgan fingerprint density at radius 2 is 1.57 bits per heavy atom. The Bertz CT molecular complexity index is 1680. The molecule has 3 heterocycles. The van der Waals surface area contributed by atoms with E-state index in [1.54, 1.807) is 0 Å². The van der Waals surface area contributed by atoms with Gasteiger partial charge in [-0.1, -0.05) is 11.6 Å². The van der Waals surface area contributed by atoms with Gasteiger partial charge < -0.3 is 4.74 Å². The molecule has 10 nitrogen and oxygen atoms in total. The van der Waals surface area contributed by atoms with Crippen LogP contribution in [0.15, 0.2) is 41.9 Å². The number of aromatic amines is 1. The van der Waals surface area contributed by atoms with Crippen LogP contribution in [-0.2, 0) is 0 Å². The molecule has 17 heteroatoms. The van der Waals surface area contributed by atoms with E-state index in [4.69, 9.17) is 35.5 Å². The molecule has 0 saturated carbocycles. The van der Waals surface area contributed by atoms with E-state index in [9.17, 15) is 4.39 Å². The fraction of sp³-hybridized carbons (Fsp3) is 0.333. The van der Waals surface area contributed by atoms with Crippen LogP contribution in [0.25, 0.3) is 0 Å². The average Bonchev–Trinajstić information content (AvgIpc) is 3.57. The van der Waals surface area contributed by atoms with Crippen LogP contribution in [0, 0.1) is 5.82 Å². The molecule has 0 aliphatic heterocycles. The predicted molar refractivity (Wildman–Crippen MR) is 147 cm³/mol. The van der Waals surface area contributed by atoms with Gasteiger partial charge in [0.1, 0.15) is 11.6 Å². The Kier molecular flexibility index (Phi) is 6.24. The van der Waals surface area contributed by atoms with Gasteiger partial charge in [-0.2, -0.15) is 15.0 Å². The normalized spacial score (nSPS) is 18.6. The summed E-state index contributed by atoms with van der Waals surface area (Å²) in [6, 6.07) is -3.59. The van der Waals surface area contributed by atoms with Crippen LogP contribution in [0.5, 0.6) is 11.8 Å². The molecule has 3 aromatic heterocycles. The third-order valence-corrected chi connectivity index (χ3v) is 5.11. The van der Waals surface area contributed by atoms with Crippen molar-refractivity contribution in [3.8, 4) is 11.8 Å². The molecule has 0 bridgehead atoms. The molecule has 0 aliphatic carbocycles. The molecular formula is C18H18Br5ClFN9O. The molecule has 0 saturated heterocycles. The number of halogens is 7. The third-order valence-electron chi connectivity index (χ3n) is 2.99. The van der Waals surface area contributed by atoms with E-state index in [0.717, 1.165) is 12.1 Å². The highest BCUT2D eigenvalue weighted by molar-refractivity contribution is 9.11. The number of H-pyrrole nitrogens is 1. The standard InChI is InChI=1S/C11H10BrClFN3O.C5H7Br2N3.C2HBr2N3/c1-6(2)17-11(15-10(12)16-17)18-9-4-7(13)3-8(14)5-9;1-3(2)10-5(7)8-4(6)9-10;3-1-5-2(4)7-6-1/h3-6H,1-2H3;3H,1-2H3;(H,5,6,7)/i1D3,2D3,6D;1D3,2D3,3D;. The number of nitrogens with one attached hydrogen (secondary N) is 1. The highest BCUT2D eigenvalue weighted by atomic mass is 79.9. The third kappa shape index (κ3) is 10.1. The van der Waals surface area contributed by atoms with E-state index in [0.29, 0.717) is 18.8 Å². The Labute approximate surface area is 267 Å². The highest BCUT2D eigenvalue weighted by Gasteiger charge is 2.14. The topological polar surface area (TPSA) is 112 Å². The van der Waals surface area contributed by atoms with E-state index in [2.05, 4.69) is 115 Å². The second-order valence-electron chi connectivity index (χ2n) is 5.44. The van der Waals surface area contributed by atoms with E-state index in [-0.39, 0.29) is 25.0 Å². The van der Waals surface area contributed by atoms with Crippen LogP contribution < -0.4 is 4.74 Å². The van der Waals surface area contributed by atoms with Crippen molar-refractivity contribution in [1.82, 2.24) is 44.7 Å². The first-order valence-corrected chi connectivity index (χ1v) is 12.6. The van der Waals surface area contributed by atoms with Crippen LogP contribution >= 0.6 is 91.3 Å². The van der Waals surface area contributed by atoms with Gasteiger partial charge in [0.25, 0.3) is 0 Å². The molecule has 0 fully saturated rings. The van der Waals surface area contributed by atoms with Gasteiger partial charge in [-0.3, -0.25) is 5.10 Å². The number of rotatable bonds is 4. The minimum absolute atomic E-state index is 0.00509. The highest BCUT2D eigenvalue weighted by Crippen LogP contribution is 2.27. The van der Waals surface area contributed by atoms with E-state index < -0.39 is 51.3 Å². The fourth-order valence-electron chi connectivity index (χ4n) is 1.81. The van der Waals surface area contributed by atoms with E-state index >= 15 is 0 Å². The van der Waals surface area contributed by atoms with Crippen molar-refractivity contribution < 1.29 is 28.3 Å². The summed E-state index contributed by atoms with van der Waals surface area (Å²) >= 11 is 20.5. The van der Waals surface area contributed by atoms with Crippen LogP contribution in [0.1, 0.15) is 58.6 Å². The molecule has 0 aliphatic rings. The van der Waals surface area contributed by atoms with Gasteiger partial charge in [0, 0.05) is 33.6 Å². The molecule has 190 valence electrons. The Morgan fingerprint density at radius 3 is 2.06 bits per heavy atom. The minimum Gasteiger partial charge on any atom is -0.424 e. The summed E-state index contributed by atoms with van der Waals surface area (Å²) in [5.74, 6) is -0.916. The Morgan fingerprint density at radius 1 is 0.943 bits per heavy atom. The molecule has 35 heavy (non-hydrogen) atoms. The average molecular weight is 844 g/mol. The zero-order valence-electron chi connectivity index (χ0n) is 30.4. The lowest BCUT2D eigenvalue weighted by Gasteiger charge is -2.09. The van der Waals surface area contributed by atoms with Gasteiger partial charge in [0.05, 0.1) is 8.76 Å². The second kappa shape index (κ2) is 14.1. The van der Waals surface area contributed by atoms with Crippen LogP contribution in [-0.4, -0.2) is 44.7 Å². The SMILES string of the molecule is Brc1n[nH]c(Br)n1.[2H]C([2H])([2H])C([2H])(n1nc(Br)nc1Br)C([2H])([2H])[2H].[2H]C([2H])([2H])C([2H])(n1nc(Br)nc1Oc1cc(F)cc(Cl)c1)C([2H])([2H])[2H]. The van der Waals surface area contributed by atoms with Gasteiger partial charge >= 0.3 is 6.01 Å². The van der Waals surface area contributed by atoms with Crippen molar-refractivity contribution in [3.63, 3.8) is 0 Å². The smallest absolute Gasteiger partial charge is 0.321 e. The number of hydrogen-bond donors (Lipinski definition) is 1. The number of aromatic nitrogens is 9. The van der Waals surface area contributed by atoms with Crippen molar-refractivity contribution in [2.24, 2.45) is 0 Å². The minimum atomic E-state index is -3.30. The van der Waals surface area contributed by atoms with Crippen molar-refractivity contribution in [3.05, 3.63) is 52.7 Å². The number of nitrogens with zero attached hydrogens (tertiary/aromatic N) is 8. The Balaban J connectivity index is 0.000000297. The molecule has 0 radical (unpaired) electrons. The number of ether oxygens (including phenoxy) is 1. The predicted octanol–water partition coefficient (Wildman–Crippen LogP) is 7.92. The molecule has 4 rings (SSSR count). The van der Waals surface area contributed by atoms with Gasteiger partial charge in [0.15, 0.2) is 9.47 Å². The summed E-state index contributed by atoms with van der Waals surface area (Å²) < 4.78 is 125. The molecule has 1 aromatic carbocycles. The van der Waals surface area contributed by atoms with Gasteiger partial charge in [-0.05, 0) is 119 Å². The summed E-state index contributed by atoms with van der Waals surface area (Å²) in [6.07, 6.45) is 0.